The van der Waals surface area contributed by atoms with E-state index in [1.165, 1.54) is 6.07 Å². The Bertz CT molecular complexity index is 414. The van der Waals surface area contributed by atoms with Gasteiger partial charge in [-0.3, -0.25) is 0 Å². The molecule has 84 valence electrons. The predicted molar refractivity (Wildman–Crippen MR) is 61.7 cm³/mol. The second-order valence-electron chi connectivity index (χ2n) is 4.42. The van der Waals surface area contributed by atoms with Gasteiger partial charge < -0.3 is 4.90 Å². The summed E-state index contributed by atoms with van der Waals surface area (Å²) in [4.78, 5) is 2.11. The molecule has 0 aromatic heterocycles. The van der Waals surface area contributed by atoms with E-state index in [4.69, 9.17) is 5.26 Å². The Hall–Kier alpha value is -1.56. The van der Waals surface area contributed by atoms with Crippen LogP contribution in [0.2, 0.25) is 0 Å². The van der Waals surface area contributed by atoms with E-state index in [1.54, 1.807) is 6.07 Å². The Morgan fingerprint density at radius 3 is 2.69 bits per heavy atom. The van der Waals surface area contributed by atoms with Crippen LogP contribution in [0.25, 0.3) is 0 Å². The molecule has 0 atom stereocenters. The standard InChI is InChI=1S/C13H15FN2/c1-10-5-7-16(8-6-10)13-4-2-3-12(14)11(13)9-15/h2-4,10H,5-8H2,1H3. The summed E-state index contributed by atoms with van der Waals surface area (Å²) in [5, 5.41) is 8.97. The lowest BCUT2D eigenvalue weighted by atomic mass is 9.98. The third kappa shape index (κ3) is 2.01. The quantitative estimate of drug-likeness (QED) is 0.724. The number of hydrogen-bond donors (Lipinski definition) is 0. The molecule has 1 saturated heterocycles. The van der Waals surface area contributed by atoms with Gasteiger partial charge in [-0.15, -0.1) is 0 Å². The summed E-state index contributed by atoms with van der Waals surface area (Å²) in [5.74, 6) is 0.314. The third-order valence-corrected chi connectivity index (χ3v) is 3.23. The lowest BCUT2D eigenvalue weighted by Gasteiger charge is -2.32. The zero-order valence-electron chi connectivity index (χ0n) is 9.41. The van der Waals surface area contributed by atoms with Crippen LogP contribution in [0.3, 0.4) is 0 Å². The van der Waals surface area contributed by atoms with Crippen molar-refractivity contribution in [3.05, 3.63) is 29.6 Å². The zero-order chi connectivity index (χ0) is 11.5. The molecule has 2 nitrogen and oxygen atoms in total. The first-order chi connectivity index (χ1) is 7.72. The zero-order valence-corrected chi connectivity index (χ0v) is 9.41. The van der Waals surface area contributed by atoms with Gasteiger partial charge in [0.05, 0.1) is 5.69 Å². The second-order valence-corrected chi connectivity index (χ2v) is 4.42. The summed E-state index contributed by atoms with van der Waals surface area (Å²) in [5.41, 5.74) is 0.923. The summed E-state index contributed by atoms with van der Waals surface area (Å²) < 4.78 is 13.4. The van der Waals surface area contributed by atoms with Crippen molar-refractivity contribution in [3.63, 3.8) is 0 Å². The SMILES string of the molecule is CC1CCN(c2cccc(F)c2C#N)CC1. The number of anilines is 1. The number of piperidine rings is 1. The minimum atomic E-state index is -0.418. The lowest BCUT2D eigenvalue weighted by molar-refractivity contribution is 0.438. The van der Waals surface area contributed by atoms with Gasteiger partial charge in [-0.05, 0) is 30.9 Å². The minimum Gasteiger partial charge on any atom is -0.370 e. The molecule has 1 aromatic carbocycles. The molecule has 1 aliphatic rings. The summed E-state index contributed by atoms with van der Waals surface area (Å²) in [6.45, 7) is 4.06. The number of nitrogens with zero attached hydrogens (tertiary/aromatic N) is 2. The average molecular weight is 218 g/mol. The molecule has 3 heteroatoms. The molecule has 1 aromatic rings. The molecule has 0 saturated carbocycles. The van der Waals surface area contributed by atoms with E-state index in [2.05, 4.69) is 11.8 Å². The van der Waals surface area contributed by atoms with Gasteiger partial charge in [0, 0.05) is 13.1 Å². The van der Waals surface area contributed by atoms with E-state index in [9.17, 15) is 4.39 Å². The molecule has 0 N–H and O–H groups in total. The van der Waals surface area contributed by atoms with Crippen LogP contribution < -0.4 is 4.90 Å². The van der Waals surface area contributed by atoms with Crippen LogP contribution in [0, 0.1) is 23.1 Å². The van der Waals surface area contributed by atoms with E-state index in [-0.39, 0.29) is 5.56 Å². The molecule has 0 unspecified atom stereocenters. The van der Waals surface area contributed by atoms with Crippen LogP contribution in [0.4, 0.5) is 10.1 Å². The van der Waals surface area contributed by atoms with E-state index in [1.807, 2.05) is 12.1 Å². The third-order valence-electron chi connectivity index (χ3n) is 3.23. The van der Waals surface area contributed by atoms with Crippen LogP contribution in [0.5, 0.6) is 0 Å². The highest BCUT2D eigenvalue weighted by molar-refractivity contribution is 5.60. The number of hydrogen-bond acceptors (Lipinski definition) is 2. The van der Waals surface area contributed by atoms with Crippen LogP contribution in [-0.2, 0) is 0 Å². The van der Waals surface area contributed by atoms with Crippen LogP contribution in [0.15, 0.2) is 18.2 Å². The largest absolute Gasteiger partial charge is 0.370 e. The fourth-order valence-electron chi connectivity index (χ4n) is 2.14. The van der Waals surface area contributed by atoms with Gasteiger partial charge in [-0.1, -0.05) is 13.0 Å². The first kappa shape index (κ1) is 10.9. The molecule has 0 amide bonds. The fourth-order valence-corrected chi connectivity index (χ4v) is 2.14. The van der Waals surface area contributed by atoms with Gasteiger partial charge in [0.2, 0.25) is 0 Å². The summed E-state index contributed by atoms with van der Waals surface area (Å²) in [6, 6.07) is 6.80. The van der Waals surface area contributed by atoms with Gasteiger partial charge in [0.25, 0.3) is 0 Å². The Kier molecular flexibility index (Phi) is 3.09. The summed E-state index contributed by atoms with van der Waals surface area (Å²) in [6.07, 6.45) is 2.22. The molecular weight excluding hydrogens is 203 g/mol. The molecule has 1 aliphatic heterocycles. The van der Waals surface area contributed by atoms with E-state index >= 15 is 0 Å². The van der Waals surface area contributed by atoms with Crippen molar-refractivity contribution in [2.24, 2.45) is 5.92 Å². The molecule has 0 radical (unpaired) electrons. The van der Waals surface area contributed by atoms with E-state index in [0.29, 0.717) is 0 Å². The Morgan fingerprint density at radius 2 is 2.06 bits per heavy atom. The van der Waals surface area contributed by atoms with Crippen LogP contribution >= 0.6 is 0 Å². The number of halogens is 1. The molecule has 0 spiro atoms. The average Bonchev–Trinajstić information content (AvgIpc) is 2.30. The molecule has 1 heterocycles. The van der Waals surface area contributed by atoms with Gasteiger partial charge in [0.1, 0.15) is 17.4 Å². The normalized spacial score (nSPS) is 17.2. The minimum absolute atomic E-state index is 0.178. The van der Waals surface area contributed by atoms with Crippen molar-refractivity contribution < 1.29 is 4.39 Å². The maximum Gasteiger partial charge on any atom is 0.143 e. The van der Waals surface area contributed by atoms with Gasteiger partial charge >= 0.3 is 0 Å². The lowest BCUT2D eigenvalue weighted by Crippen LogP contribution is -2.33. The molecule has 2 rings (SSSR count). The van der Waals surface area contributed by atoms with Crippen molar-refractivity contribution in [3.8, 4) is 6.07 Å². The molecular formula is C13H15FN2. The van der Waals surface area contributed by atoms with Crippen molar-refractivity contribution in [2.45, 2.75) is 19.8 Å². The van der Waals surface area contributed by atoms with Crippen LogP contribution in [-0.4, -0.2) is 13.1 Å². The fraction of sp³-hybridized carbons (Fsp3) is 0.462. The first-order valence-corrected chi connectivity index (χ1v) is 5.66. The van der Waals surface area contributed by atoms with Crippen molar-refractivity contribution in [2.75, 3.05) is 18.0 Å². The summed E-state index contributed by atoms with van der Waals surface area (Å²) in [7, 11) is 0. The number of rotatable bonds is 1. The van der Waals surface area contributed by atoms with Gasteiger partial charge in [0.15, 0.2) is 0 Å². The van der Waals surface area contributed by atoms with Crippen LogP contribution in [0.1, 0.15) is 25.3 Å². The van der Waals surface area contributed by atoms with Crippen molar-refractivity contribution in [1.29, 1.82) is 5.26 Å². The highest BCUT2D eigenvalue weighted by atomic mass is 19.1. The second kappa shape index (κ2) is 4.52. The van der Waals surface area contributed by atoms with Crippen molar-refractivity contribution >= 4 is 5.69 Å². The predicted octanol–water partition coefficient (Wildman–Crippen LogP) is 2.93. The Labute approximate surface area is 95.3 Å². The highest BCUT2D eigenvalue weighted by Gasteiger charge is 2.19. The van der Waals surface area contributed by atoms with Crippen molar-refractivity contribution in [1.82, 2.24) is 0 Å². The number of benzene rings is 1. The van der Waals surface area contributed by atoms with E-state index in [0.717, 1.165) is 37.5 Å². The highest BCUT2D eigenvalue weighted by Crippen LogP contribution is 2.27. The maximum absolute atomic E-state index is 13.4. The Balaban J connectivity index is 2.27. The van der Waals surface area contributed by atoms with Gasteiger partial charge in [-0.2, -0.15) is 5.26 Å². The molecule has 0 bridgehead atoms. The van der Waals surface area contributed by atoms with Gasteiger partial charge in [-0.25, -0.2) is 4.39 Å². The summed E-state index contributed by atoms with van der Waals surface area (Å²) >= 11 is 0. The first-order valence-electron chi connectivity index (χ1n) is 5.66. The smallest absolute Gasteiger partial charge is 0.143 e. The monoisotopic (exact) mass is 218 g/mol. The number of nitriles is 1. The maximum atomic E-state index is 13.4. The molecule has 1 fully saturated rings. The molecule has 16 heavy (non-hydrogen) atoms. The van der Waals surface area contributed by atoms with E-state index < -0.39 is 5.82 Å². The molecule has 0 aliphatic carbocycles. The Morgan fingerprint density at radius 1 is 1.38 bits per heavy atom. The topological polar surface area (TPSA) is 27.0 Å².